The zero-order chi connectivity index (χ0) is 42.9. The second-order valence-electron chi connectivity index (χ2n) is 13.6. The molecule has 0 radical (unpaired) electrons. The predicted octanol–water partition coefficient (Wildman–Crippen LogP) is 8.75. The normalized spacial score (nSPS) is 15.2. The van der Waals surface area contributed by atoms with Gasteiger partial charge >= 0.3 is 0 Å². The van der Waals surface area contributed by atoms with Crippen LogP contribution in [0.5, 0.6) is 0 Å². The minimum atomic E-state index is -0.409. The number of carbonyl (C=O) groups excluding carboxylic acids is 2. The second kappa shape index (κ2) is 20.1. The molecule has 310 valence electrons. The summed E-state index contributed by atoms with van der Waals surface area (Å²) in [4.78, 5) is 49.1. The number of halogens is 4. The van der Waals surface area contributed by atoms with Crippen molar-refractivity contribution in [2.75, 3.05) is 62.2 Å². The molecule has 2 saturated heterocycles. The molecule has 1 N–H and O–H groups in total. The highest BCUT2D eigenvalue weighted by molar-refractivity contribution is 6.35. The van der Waals surface area contributed by atoms with E-state index in [2.05, 4.69) is 42.9 Å². The van der Waals surface area contributed by atoms with Crippen molar-refractivity contribution in [3.05, 3.63) is 132 Å². The number of hydrogen-bond donors (Lipinski definition) is 1. The molecule has 15 heteroatoms. The van der Waals surface area contributed by atoms with Crippen molar-refractivity contribution in [2.45, 2.75) is 19.9 Å². The Kier molecular flexibility index (Phi) is 14.7. The topological polar surface area (TPSA) is 119 Å². The Morgan fingerprint density at radius 1 is 0.717 bits per heavy atom. The lowest BCUT2D eigenvalue weighted by molar-refractivity contribution is -0.129. The number of nitrogens with zero attached hydrogens (tertiary/aromatic N) is 8. The Morgan fingerprint density at radius 3 is 1.88 bits per heavy atom. The SMILES string of the molecule is C=CC(=O)N1CCN(c2ncnc3cc(-c4cc(Cl)ccc4F)c(Cl)cc23)CC1.C=CC(=O)N1CCN(c2ncnc3cc(-c4ccccc4)c(Cl)cc23)CC1CO.CC. The molecule has 1 unspecified atom stereocenters. The number of piperazine rings is 2. The van der Waals surface area contributed by atoms with Gasteiger partial charge in [0.1, 0.15) is 30.1 Å². The summed E-state index contributed by atoms with van der Waals surface area (Å²) in [6.45, 7) is 14.9. The number of rotatable bonds is 7. The van der Waals surface area contributed by atoms with Gasteiger partial charge in [-0.3, -0.25) is 9.59 Å². The average Bonchev–Trinajstić information content (AvgIpc) is 3.29. The first-order chi connectivity index (χ1) is 29.1. The maximum Gasteiger partial charge on any atom is 0.246 e. The van der Waals surface area contributed by atoms with Crippen LogP contribution in [0.2, 0.25) is 15.1 Å². The molecule has 60 heavy (non-hydrogen) atoms. The van der Waals surface area contributed by atoms with Crippen LogP contribution in [0.15, 0.2) is 111 Å². The van der Waals surface area contributed by atoms with Gasteiger partial charge in [-0.15, -0.1) is 0 Å². The fourth-order valence-electron chi connectivity index (χ4n) is 7.26. The standard InChI is InChI=1S/C22H21ClN4O2.C21H17Cl2FN4O.C2H6/c1-2-21(29)27-9-8-26(12-16(27)13-28)22-18-10-19(23)17(11-20(18)24-14-25-22)15-6-4-3-5-7-15;1-2-20(29)27-5-7-28(8-6-27)21-16-10-17(23)14(11-19(16)25-12-26-21)15-9-13(22)3-4-18(15)24;1-2/h2-7,10-11,14,16,28H,1,8-9,12-13H2;2-4,9-12H,1,5-8H2;1-2H3. The van der Waals surface area contributed by atoms with Crippen molar-refractivity contribution < 1.29 is 19.1 Å². The fraction of sp³-hybridized carbons (Fsp3) is 0.244. The Bertz CT molecular complexity index is 2520. The molecule has 6 aromatic rings. The van der Waals surface area contributed by atoms with E-state index in [1.54, 1.807) is 28.0 Å². The van der Waals surface area contributed by atoms with Crippen LogP contribution >= 0.6 is 34.8 Å². The number of anilines is 2. The summed E-state index contributed by atoms with van der Waals surface area (Å²) in [5.74, 6) is 0.828. The van der Waals surface area contributed by atoms with Crippen LogP contribution in [0.3, 0.4) is 0 Å². The number of fused-ring (bicyclic) bond motifs is 2. The van der Waals surface area contributed by atoms with Crippen LogP contribution in [-0.4, -0.2) is 105 Å². The van der Waals surface area contributed by atoms with Gasteiger partial charge in [0, 0.05) is 88.3 Å². The number of aliphatic hydroxyl groups excluding tert-OH is 1. The minimum Gasteiger partial charge on any atom is -0.394 e. The second-order valence-corrected chi connectivity index (χ2v) is 14.9. The molecule has 1 atom stereocenters. The molecular weight excluding hydrogens is 826 g/mol. The van der Waals surface area contributed by atoms with Gasteiger partial charge in [-0.1, -0.05) is 92.1 Å². The summed E-state index contributed by atoms with van der Waals surface area (Å²) >= 11 is 19.2. The summed E-state index contributed by atoms with van der Waals surface area (Å²) in [5, 5.41) is 12.8. The molecule has 2 aromatic heterocycles. The molecule has 0 saturated carbocycles. The number of carbonyl (C=O) groups is 2. The van der Waals surface area contributed by atoms with Gasteiger partial charge in [-0.05, 0) is 60.2 Å². The zero-order valence-electron chi connectivity index (χ0n) is 33.2. The third-order valence-corrected chi connectivity index (χ3v) is 11.1. The van der Waals surface area contributed by atoms with Crippen LogP contribution in [0.1, 0.15) is 13.8 Å². The van der Waals surface area contributed by atoms with Crippen molar-refractivity contribution in [3.8, 4) is 22.3 Å². The van der Waals surface area contributed by atoms with E-state index in [9.17, 15) is 19.1 Å². The molecule has 4 heterocycles. The molecular formula is C45H44Cl3FN8O3. The third kappa shape index (κ3) is 9.53. The highest BCUT2D eigenvalue weighted by Gasteiger charge is 2.30. The molecule has 2 amide bonds. The van der Waals surface area contributed by atoms with Gasteiger partial charge in [0.25, 0.3) is 0 Å². The summed E-state index contributed by atoms with van der Waals surface area (Å²) < 4.78 is 14.3. The summed E-state index contributed by atoms with van der Waals surface area (Å²) in [6, 6.07) is 21.3. The maximum atomic E-state index is 14.3. The molecule has 2 aliphatic heterocycles. The smallest absolute Gasteiger partial charge is 0.246 e. The van der Waals surface area contributed by atoms with E-state index in [-0.39, 0.29) is 24.5 Å². The molecule has 2 fully saturated rings. The van der Waals surface area contributed by atoms with Crippen LogP contribution < -0.4 is 9.80 Å². The molecule has 0 aliphatic carbocycles. The van der Waals surface area contributed by atoms with Crippen LogP contribution in [-0.2, 0) is 9.59 Å². The number of aliphatic hydroxyl groups is 1. The van der Waals surface area contributed by atoms with E-state index in [1.807, 2.05) is 56.3 Å². The number of benzene rings is 4. The van der Waals surface area contributed by atoms with E-state index in [1.165, 1.54) is 36.9 Å². The highest BCUT2D eigenvalue weighted by Crippen LogP contribution is 2.38. The lowest BCUT2D eigenvalue weighted by Crippen LogP contribution is -2.56. The first kappa shape index (κ1) is 43.9. The maximum absolute atomic E-state index is 14.3. The Morgan fingerprint density at radius 2 is 1.28 bits per heavy atom. The van der Waals surface area contributed by atoms with E-state index in [0.717, 1.165) is 39.1 Å². The van der Waals surface area contributed by atoms with E-state index in [4.69, 9.17) is 34.8 Å². The summed E-state index contributed by atoms with van der Waals surface area (Å²) in [7, 11) is 0. The number of hydrogen-bond acceptors (Lipinski definition) is 9. The van der Waals surface area contributed by atoms with Crippen molar-refractivity contribution in [1.29, 1.82) is 0 Å². The Hall–Kier alpha value is -5.66. The van der Waals surface area contributed by atoms with Crippen LogP contribution in [0.25, 0.3) is 44.1 Å². The molecule has 0 bridgehead atoms. The van der Waals surface area contributed by atoms with Crippen molar-refractivity contribution in [2.24, 2.45) is 0 Å². The van der Waals surface area contributed by atoms with E-state index >= 15 is 0 Å². The van der Waals surface area contributed by atoms with Crippen molar-refractivity contribution in [1.82, 2.24) is 29.7 Å². The molecule has 11 nitrogen and oxygen atoms in total. The first-order valence-electron chi connectivity index (χ1n) is 19.4. The van der Waals surface area contributed by atoms with Gasteiger partial charge in [0.2, 0.25) is 11.8 Å². The third-order valence-electron chi connectivity index (χ3n) is 10.2. The largest absolute Gasteiger partial charge is 0.394 e. The van der Waals surface area contributed by atoms with Gasteiger partial charge in [-0.2, -0.15) is 0 Å². The van der Waals surface area contributed by atoms with Gasteiger partial charge in [0.15, 0.2) is 0 Å². The first-order valence-corrected chi connectivity index (χ1v) is 20.6. The van der Waals surface area contributed by atoms with Gasteiger partial charge in [0.05, 0.1) is 23.7 Å². The van der Waals surface area contributed by atoms with E-state index < -0.39 is 5.82 Å². The number of amides is 2. The molecule has 8 rings (SSSR count). The summed E-state index contributed by atoms with van der Waals surface area (Å²) in [5.41, 5.74) is 4.23. The minimum absolute atomic E-state index is 0.0755. The fourth-order valence-corrected chi connectivity index (χ4v) is 7.97. The van der Waals surface area contributed by atoms with E-state index in [0.29, 0.717) is 77.5 Å². The molecule has 4 aromatic carbocycles. The Balaban J connectivity index is 0.000000193. The quantitative estimate of drug-likeness (QED) is 0.157. The molecule has 0 spiro atoms. The van der Waals surface area contributed by atoms with Gasteiger partial charge in [-0.25, -0.2) is 24.3 Å². The Labute approximate surface area is 363 Å². The van der Waals surface area contributed by atoms with Crippen LogP contribution in [0.4, 0.5) is 16.0 Å². The average molecular weight is 870 g/mol. The molecule has 2 aliphatic rings. The van der Waals surface area contributed by atoms with Gasteiger partial charge < -0.3 is 24.7 Å². The van der Waals surface area contributed by atoms with Crippen molar-refractivity contribution >= 4 is 80.1 Å². The highest BCUT2D eigenvalue weighted by atomic mass is 35.5. The lowest BCUT2D eigenvalue weighted by atomic mass is 10.0. The van der Waals surface area contributed by atoms with Crippen molar-refractivity contribution in [3.63, 3.8) is 0 Å². The predicted molar refractivity (Wildman–Crippen MR) is 240 cm³/mol. The lowest BCUT2D eigenvalue weighted by Gasteiger charge is -2.41. The zero-order valence-corrected chi connectivity index (χ0v) is 35.5. The monoisotopic (exact) mass is 868 g/mol. The summed E-state index contributed by atoms with van der Waals surface area (Å²) in [6.07, 6.45) is 5.62. The van der Waals surface area contributed by atoms with Crippen LogP contribution in [0, 0.1) is 5.82 Å². The number of aromatic nitrogens is 4.